The Balaban J connectivity index is 1.95. The molecule has 26 heavy (non-hydrogen) atoms. The Labute approximate surface area is 151 Å². The summed E-state index contributed by atoms with van der Waals surface area (Å²) in [5.41, 5.74) is 0.613. The Kier molecular flexibility index (Phi) is 5.26. The molecule has 0 bridgehead atoms. The maximum Gasteiger partial charge on any atom is 0.353 e. The van der Waals surface area contributed by atoms with E-state index in [1.807, 2.05) is 42.5 Å². The molecule has 2 N–H and O–H groups in total. The van der Waals surface area contributed by atoms with Gasteiger partial charge in [-0.25, -0.2) is 9.97 Å². The average molecular weight is 351 g/mol. The summed E-state index contributed by atoms with van der Waals surface area (Å²) in [7, 11) is 0. The van der Waals surface area contributed by atoms with Crippen LogP contribution in [-0.2, 0) is 0 Å². The van der Waals surface area contributed by atoms with Crippen LogP contribution < -0.4 is 10.6 Å². The number of hydrogen-bond donors (Lipinski definition) is 2. The predicted octanol–water partition coefficient (Wildman–Crippen LogP) is 4.74. The highest BCUT2D eigenvalue weighted by molar-refractivity contribution is 5.95. The number of nitrogens with one attached hydrogen (secondary N) is 2. The lowest BCUT2D eigenvalue weighted by molar-refractivity contribution is -0.383. The molecule has 0 aliphatic carbocycles. The van der Waals surface area contributed by atoms with Crippen LogP contribution in [0.1, 0.15) is 20.3 Å². The van der Waals surface area contributed by atoms with Crippen molar-refractivity contribution in [3.8, 4) is 0 Å². The Morgan fingerprint density at radius 1 is 1.08 bits per heavy atom. The van der Waals surface area contributed by atoms with Gasteiger partial charge in [0.15, 0.2) is 0 Å². The van der Waals surface area contributed by atoms with E-state index in [0.717, 1.165) is 22.9 Å². The lowest BCUT2D eigenvalue weighted by Gasteiger charge is -2.12. The van der Waals surface area contributed by atoms with Gasteiger partial charge in [0.2, 0.25) is 11.6 Å². The molecule has 3 aromatic rings. The van der Waals surface area contributed by atoms with Crippen molar-refractivity contribution in [3.63, 3.8) is 0 Å². The molecular formula is C19H21N5O2. The number of anilines is 3. The second kappa shape index (κ2) is 7.77. The minimum absolute atomic E-state index is 0.149. The normalized spacial score (nSPS) is 10.9. The van der Waals surface area contributed by atoms with E-state index in [-0.39, 0.29) is 17.3 Å². The fraction of sp³-hybridized carbons (Fsp3) is 0.263. The van der Waals surface area contributed by atoms with Crippen LogP contribution in [0.4, 0.5) is 23.0 Å². The Hall–Kier alpha value is -3.22. The van der Waals surface area contributed by atoms with Crippen molar-refractivity contribution in [1.29, 1.82) is 0 Å². The van der Waals surface area contributed by atoms with Gasteiger partial charge in [0.25, 0.3) is 0 Å². The van der Waals surface area contributed by atoms with Crippen molar-refractivity contribution in [2.75, 3.05) is 17.2 Å². The molecule has 0 saturated carbocycles. The molecule has 0 radical (unpaired) electrons. The van der Waals surface area contributed by atoms with E-state index < -0.39 is 4.92 Å². The smallest absolute Gasteiger partial charge is 0.353 e. The molecule has 0 unspecified atom stereocenters. The van der Waals surface area contributed by atoms with Gasteiger partial charge in [-0.05, 0) is 23.8 Å². The molecule has 2 aromatic carbocycles. The van der Waals surface area contributed by atoms with Gasteiger partial charge in [0.05, 0.1) is 4.92 Å². The third-order valence-electron chi connectivity index (χ3n) is 4.06. The van der Waals surface area contributed by atoms with E-state index in [1.165, 1.54) is 6.33 Å². The summed E-state index contributed by atoms with van der Waals surface area (Å²) in [5.74, 6) is 0.901. The zero-order valence-electron chi connectivity index (χ0n) is 14.8. The highest BCUT2D eigenvalue weighted by atomic mass is 16.6. The molecule has 0 amide bonds. The molecule has 1 aromatic heterocycles. The molecule has 134 valence electrons. The van der Waals surface area contributed by atoms with E-state index >= 15 is 0 Å². The zero-order valence-corrected chi connectivity index (χ0v) is 14.8. The molecule has 0 saturated heterocycles. The molecular weight excluding hydrogens is 330 g/mol. The molecule has 0 aliphatic heterocycles. The lowest BCUT2D eigenvalue weighted by Crippen LogP contribution is -2.10. The fourth-order valence-electron chi connectivity index (χ4n) is 2.71. The van der Waals surface area contributed by atoms with Gasteiger partial charge in [-0.3, -0.25) is 10.1 Å². The number of benzene rings is 2. The van der Waals surface area contributed by atoms with Crippen LogP contribution in [0.15, 0.2) is 48.8 Å². The number of nitrogens with zero attached hydrogens (tertiary/aromatic N) is 3. The highest BCUT2D eigenvalue weighted by Crippen LogP contribution is 2.33. The quantitative estimate of drug-likeness (QED) is 0.472. The van der Waals surface area contributed by atoms with Gasteiger partial charge in [-0.1, -0.05) is 50.2 Å². The Morgan fingerprint density at radius 3 is 2.58 bits per heavy atom. The summed E-state index contributed by atoms with van der Waals surface area (Å²) in [6.07, 6.45) is 2.23. The maximum atomic E-state index is 11.6. The number of nitro groups is 1. The van der Waals surface area contributed by atoms with Crippen LogP contribution in [0.3, 0.4) is 0 Å². The first-order valence-electron chi connectivity index (χ1n) is 8.54. The summed E-state index contributed by atoms with van der Waals surface area (Å²) >= 11 is 0. The van der Waals surface area contributed by atoms with E-state index in [0.29, 0.717) is 12.5 Å². The first-order valence-corrected chi connectivity index (χ1v) is 8.54. The number of hydrogen-bond acceptors (Lipinski definition) is 6. The molecule has 0 fully saturated rings. The SMILES string of the molecule is CC(C)CCNc1ncnc(Nc2cccc3ccccc23)c1[N+](=O)[O-]. The minimum Gasteiger partial charge on any atom is -0.364 e. The minimum atomic E-state index is -0.453. The van der Waals surface area contributed by atoms with Gasteiger partial charge in [0.1, 0.15) is 6.33 Å². The van der Waals surface area contributed by atoms with Crippen LogP contribution in [-0.4, -0.2) is 21.4 Å². The van der Waals surface area contributed by atoms with Crippen LogP contribution >= 0.6 is 0 Å². The third kappa shape index (κ3) is 3.88. The van der Waals surface area contributed by atoms with E-state index in [9.17, 15) is 10.1 Å². The fourth-order valence-corrected chi connectivity index (χ4v) is 2.71. The van der Waals surface area contributed by atoms with Gasteiger partial charge in [-0.2, -0.15) is 0 Å². The van der Waals surface area contributed by atoms with Crippen molar-refractivity contribution in [2.24, 2.45) is 5.92 Å². The number of fused-ring (bicyclic) bond motifs is 1. The molecule has 7 nitrogen and oxygen atoms in total. The summed E-state index contributed by atoms with van der Waals surface area (Å²) in [5, 5.41) is 19.8. The molecule has 7 heteroatoms. The Morgan fingerprint density at radius 2 is 1.81 bits per heavy atom. The first-order chi connectivity index (χ1) is 12.6. The van der Waals surface area contributed by atoms with Crippen LogP contribution in [0.2, 0.25) is 0 Å². The van der Waals surface area contributed by atoms with E-state index in [1.54, 1.807) is 0 Å². The largest absolute Gasteiger partial charge is 0.364 e. The van der Waals surface area contributed by atoms with Gasteiger partial charge in [0, 0.05) is 17.6 Å². The number of rotatable bonds is 7. The van der Waals surface area contributed by atoms with Crippen LogP contribution in [0.25, 0.3) is 10.8 Å². The van der Waals surface area contributed by atoms with Crippen molar-refractivity contribution in [1.82, 2.24) is 9.97 Å². The lowest BCUT2D eigenvalue weighted by atomic mass is 10.1. The van der Waals surface area contributed by atoms with Crippen LogP contribution in [0, 0.1) is 16.0 Å². The summed E-state index contributed by atoms with van der Waals surface area (Å²) in [6, 6.07) is 13.6. The van der Waals surface area contributed by atoms with Gasteiger partial charge in [-0.15, -0.1) is 0 Å². The van der Waals surface area contributed by atoms with Crippen molar-refractivity contribution >= 4 is 33.8 Å². The van der Waals surface area contributed by atoms with Gasteiger partial charge >= 0.3 is 5.69 Å². The van der Waals surface area contributed by atoms with E-state index in [4.69, 9.17) is 0 Å². The molecule has 0 atom stereocenters. The highest BCUT2D eigenvalue weighted by Gasteiger charge is 2.23. The first kappa shape index (κ1) is 17.6. The van der Waals surface area contributed by atoms with Crippen LogP contribution in [0.5, 0.6) is 0 Å². The molecule has 0 spiro atoms. The second-order valence-electron chi connectivity index (χ2n) is 6.44. The standard InChI is InChI=1S/C19H21N5O2/c1-13(2)10-11-20-18-17(24(25)26)19(22-12-21-18)23-16-9-5-7-14-6-3-4-8-15(14)16/h3-9,12-13H,10-11H2,1-2H3,(H2,20,21,22,23). The summed E-state index contributed by atoms with van der Waals surface area (Å²) in [6.45, 7) is 4.82. The van der Waals surface area contributed by atoms with E-state index in [2.05, 4.69) is 34.4 Å². The average Bonchev–Trinajstić information content (AvgIpc) is 2.61. The summed E-state index contributed by atoms with van der Waals surface area (Å²) < 4.78 is 0. The third-order valence-corrected chi connectivity index (χ3v) is 4.06. The number of aromatic nitrogens is 2. The zero-order chi connectivity index (χ0) is 18.5. The molecule has 0 aliphatic rings. The Bertz CT molecular complexity index is 921. The maximum absolute atomic E-state index is 11.6. The summed E-state index contributed by atoms with van der Waals surface area (Å²) in [4.78, 5) is 19.3. The monoisotopic (exact) mass is 351 g/mol. The van der Waals surface area contributed by atoms with Crippen molar-refractivity contribution in [2.45, 2.75) is 20.3 Å². The van der Waals surface area contributed by atoms with Crippen molar-refractivity contribution < 1.29 is 4.92 Å². The second-order valence-corrected chi connectivity index (χ2v) is 6.44. The van der Waals surface area contributed by atoms with Crippen molar-refractivity contribution in [3.05, 3.63) is 58.9 Å². The molecule has 3 rings (SSSR count). The molecule has 1 heterocycles. The van der Waals surface area contributed by atoms with Gasteiger partial charge < -0.3 is 10.6 Å². The topological polar surface area (TPSA) is 93.0 Å². The predicted molar refractivity (Wildman–Crippen MR) is 104 cm³/mol.